The molecule has 0 bridgehead atoms. The Morgan fingerprint density at radius 3 is 2.40 bits per heavy atom. The van der Waals surface area contributed by atoms with Crippen LogP contribution >= 0.6 is 0 Å². The second-order valence-electron chi connectivity index (χ2n) is 6.76. The summed E-state index contributed by atoms with van der Waals surface area (Å²) in [7, 11) is -3.53. The van der Waals surface area contributed by atoms with E-state index in [0.717, 1.165) is 35.3 Å². The van der Waals surface area contributed by atoms with Crippen LogP contribution in [0.3, 0.4) is 0 Å². The van der Waals surface area contributed by atoms with E-state index in [-0.39, 0.29) is 6.54 Å². The zero-order valence-corrected chi connectivity index (χ0v) is 15.9. The third-order valence-corrected chi connectivity index (χ3v) is 6.37. The first-order valence-electron chi connectivity index (χ1n) is 8.69. The van der Waals surface area contributed by atoms with Crippen LogP contribution in [0.25, 0.3) is 0 Å². The quantitative estimate of drug-likeness (QED) is 0.804. The smallest absolute Gasteiger partial charge is 0.241 e. The number of aryl methyl sites for hydroxylation is 5. The molecule has 134 valence electrons. The summed E-state index contributed by atoms with van der Waals surface area (Å²) in [6.45, 7) is 6.17. The van der Waals surface area contributed by atoms with E-state index in [2.05, 4.69) is 16.9 Å². The second-order valence-corrected chi connectivity index (χ2v) is 8.46. The molecule has 0 aliphatic heterocycles. The summed E-state index contributed by atoms with van der Waals surface area (Å²) in [4.78, 5) is 0.371. The second kappa shape index (κ2) is 7.18. The molecule has 0 saturated heterocycles. The predicted octanol–water partition coefficient (Wildman–Crippen LogP) is 3.46. The van der Waals surface area contributed by atoms with E-state index in [0.29, 0.717) is 11.5 Å². The van der Waals surface area contributed by atoms with Gasteiger partial charge < -0.3 is 4.74 Å². The van der Waals surface area contributed by atoms with Crippen LogP contribution in [0.15, 0.2) is 35.2 Å². The lowest BCUT2D eigenvalue weighted by molar-refractivity contribution is 0.322. The van der Waals surface area contributed by atoms with Crippen LogP contribution in [0.4, 0.5) is 0 Å². The molecular formula is C20H25NO3S. The van der Waals surface area contributed by atoms with Gasteiger partial charge in [0.2, 0.25) is 10.0 Å². The molecule has 1 N–H and O–H groups in total. The summed E-state index contributed by atoms with van der Waals surface area (Å²) in [5.41, 5.74) is 5.35. The molecule has 0 atom stereocenters. The van der Waals surface area contributed by atoms with Crippen molar-refractivity contribution in [2.75, 3.05) is 13.2 Å². The van der Waals surface area contributed by atoms with Crippen LogP contribution in [0.2, 0.25) is 0 Å². The lowest BCUT2D eigenvalue weighted by Crippen LogP contribution is -2.29. The van der Waals surface area contributed by atoms with Crippen molar-refractivity contribution < 1.29 is 13.2 Å². The summed E-state index contributed by atoms with van der Waals surface area (Å²) in [5.74, 6) is 0.808. The molecule has 2 aromatic carbocycles. The number of hydrogen-bond acceptors (Lipinski definition) is 3. The first kappa shape index (κ1) is 18.0. The van der Waals surface area contributed by atoms with Gasteiger partial charge in [-0.2, -0.15) is 0 Å². The number of benzene rings is 2. The number of fused-ring (bicyclic) bond motifs is 1. The minimum atomic E-state index is -3.53. The van der Waals surface area contributed by atoms with Crippen molar-refractivity contribution in [3.63, 3.8) is 0 Å². The molecule has 0 spiro atoms. The third-order valence-electron chi connectivity index (χ3n) is 4.61. The van der Waals surface area contributed by atoms with Crippen LogP contribution < -0.4 is 9.46 Å². The highest BCUT2D eigenvalue weighted by Gasteiger charge is 2.19. The largest absolute Gasteiger partial charge is 0.492 e. The molecule has 0 fully saturated rings. The zero-order valence-electron chi connectivity index (χ0n) is 15.1. The molecule has 0 amide bonds. The summed E-state index contributed by atoms with van der Waals surface area (Å²) in [6, 6.07) is 9.93. The minimum absolute atomic E-state index is 0.242. The van der Waals surface area contributed by atoms with Gasteiger partial charge in [0.25, 0.3) is 0 Å². The lowest BCUT2D eigenvalue weighted by Gasteiger charge is -2.13. The van der Waals surface area contributed by atoms with E-state index in [4.69, 9.17) is 4.74 Å². The predicted molar refractivity (Wildman–Crippen MR) is 99.8 cm³/mol. The lowest BCUT2D eigenvalue weighted by atomic mass is 10.1. The van der Waals surface area contributed by atoms with Crippen molar-refractivity contribution >= 4 is 10.0 Å². The fraction of sp³-hybridized carbons (Fsp3) is 0.400. The van der Waals surface area contributed by atoms with E-state index in [1.165, 1.54) is 17.5 Å². The van der Waals surface area contributed by atoms with E-state index < -0.39 is 10.0 Å². The Bertz CT molecular complexity index is 865. The average Bonchev–Trinajstić information content (AvgIpc) is 2.97. The van der Waals surface area contributed by atoms with Crippen LogP contribution in [-0.4, -0.2) is 21.6 Å². The van der Waals surface area contributed by atoms with E-state index in [1.807, 2.05) is 39.0 Å². The maximum Gasteiger partial charge on any atom is 0.241 e. The van der Waals surface area contributed by atoms with Crippen LogP contribution in [0.5, 0.6) is 5.75 Å². The fourth-order valence-corrected chi connectivity index (χ4v) is 5.11. The SMILES string of the molecule is Cc1cc(C)c(S(=O)(=O)NCCOc2ccc3c(c2)CCC3)c(C)c1. The van der Waals surface area contributed by atoms with Crippen molar-refractivity contribution in [2.45, 2.75) is 44.9 Å². The molecule has 0 heterocycles. The van der Waals surface area contributed by atoms with Crippen LogP contribution in [0.1, 0.15) is 34.2 Å². The van der Waals surface area contributed by atoms with Crippen molar-refractivity contribution in [3.05, 3.63) is 58.1 Å². The van der Waals surface area contributed by atoms with E-state index in [9.17, 15) is 8.42 Å². The van der Waals surface area contributed by atoms with Crippen molar-refractivity contribution in [1.29, 1.82) is 0 Å². The Morgan fingerprint density at radius 1 is 1.00 bits per heavy atom. The standard InChI is InChI=1S/C20H25NO3S/c1-14-11-15(2)20(16(3)12-14)25(22,23)21-9-10-24-19-8-7-17-5-4-6-18(17)13-19/h7-8,11-13,21H,4-6,9-10H2,1-3H3. The maximum atomic E-state index is 12.6. The summed E-state index contributed by atoms with van der Waals surface area (Å²) < 4.78 is 33.5. The maximum absolute atomic E-state index is 12.6. The number of rotatable bonds is 6. The Kier molecular flexibility index (Phi) is 5.16. The first-order chi connectivity index (χ1) is 11.9. The highest BCUT2D eigenvalue weighted by atomic mass is 32.2. The Labute approximate surface area is 150 Å². The van der Waals surface area contributed by atoms with Gasteiger partial charge in [-0.25, -0.2) is 13.1 Å². The van der Waals surface area contributed by atoms with E-state index in [1.54, 1.807) is 0 Å². The van der Waals surface area contributed by atoms with Gasteiger partial charge in [-0.05, 0) is 74.4 Å². The molecule has 1 aliphatic rings. The molecule has 25 heavy (non-hydrogen) atoms. The Morgan fingerprint density at radius 2 is 1.68 bits per heavy atom. The Balaban J connectivity index is 1.60. The highest BCUT2D eigenvalue weighted by molar-refractivity contribution is 7.89. The molecule has 0 aromatic heterocycles. The van der Waals surface area contributed by atoms with E-state index >= 15 is 0 Å². The molecule has 2 aromatic rings. The van der Waals surface area contributed by atoms with Gasteiger partial charge in [0.1, 0.15) is 12.4 Å². The summed E-state index contributed by atoms with van der Waals surface area (Å²) in [5, 5.41) is 0. The number of sulfonamides is 1. The monoisotopic (exact) mass is 359 g/mol. The third kappa shape index (κ3) is 4.05. The molecule has 5 heteroatoms. The number of nitrogens with one attached hydrogen (secondary N) is 1. The molecular weight excluding hydrogens is 334 g/mol. The normalized spacial score (nSPS) is 13.7. The van der Waals surface area contributed by atoms with Crippen molar-refractivity contribution in [1.82, 2.24) is 4.72 Å². The molecule has 0 saturated carbocycles. The average molecular weight is 359 g/mol. The van der Waals surface area contributed by atoms with Crippen LogP contribution in [0, 0.1) is 20.8 Å². The van der Waals surface area contributed by atoms with Crippen molar-refractivity contribution in [3.8, 4) is 5.75 Å². The molecule has 0 unspecified atom stereocenters. The zero-order chi connectivity index (χ0) is 18.0. The number of hydrogen-bond donors (Lipinski definition) is 1. The highest BCUT2D eigenvalue weighted by Crippen LogP contribution is 2.26. The van der Waals surface area contributed by atoms with Crippen LogP contribution in [-0.2, 0) is 22.9 Å². The molecule has 0 radical (unpaired) electrons. The van der Waals surface area contributed by atoms with Gasteiger partial charge in [0.15, 0.2) is 0 Å². The molecule has 4 nitrogen and oxygen atoms in total. The van der Waals surface area contributed by atoms with Gasteiger partial charge in [-0.3, -0.25) is 0 Å². The van der Waals surface area contributed by atoms with Gasteiger partial charge in [-0.15, -0.1) is 0 Å². The minimum Gasteiger partial charge on any atom is -0.492 e. The van der Waals surface area contributed by atoms with Gasteiger partial charge in [0.05, 0.1) is 4.90 Å². The fourth-order valence-electron chi connectivity index (χ4n) is 3.65. The first-order valence-corrected chi connectivity index (χ1v) is 10.2. The van der Waals surface area contributed by atoms with Gasteiger partial charge in [0, 0.05) is 6.54 Å². The molecule has 3 rings (SSSR count). The van der Waals surface area contributed by atoms with Gasteiger partial charge in [-0.1, -0.05) is 23.8 Å². The molecule has 1 aliphatic carbocycles. The number of ether oxygens (including phenoxy) is 1. The Hall–Kier alpha value is -1.85. The van der Waals surface area contributed by atoms with Gasteiger partial charge >= 0.3 is 0 Å². The summed E-state index contributed by atoms with van der Waals surface area (Å²) in [6.07, 6.45) is 3.45. The van der Waals surface area contributed by atoms with Crippen molar-refractivity contribution in [2.24, 2.45) is 0 Å². The topological polar surface area (TPSA) is 55.4 Å². The summed E-state index contributed by atoms with van der Waals surface area (Å²) >= 11 is 0.